The van der Waals surface area contributed by atoms with E-state index in [4.69, 9.17) is 4.74 Å². The van der Waals surface area contributed by atoms with Crippen LogP contribution in [-0.4, -0.2) is 46.6 Å². The molecule has 0 bridgehead atoms. The van der Waals surface area contributed by atoms with E-state index in [1.54, 1.807) is 6.20 Å². The monoisotopic (exact) mass is 378 g/mol. The first-order chi connectivity index (χ1) is 12.0. The summed E-state index contributed by atoms with van der Waals surface area (Å²) in [6.45, 7) is 6.71. The number of rotatable bonds is 5. The standard InChI is InChI=1S/C19H26N4O2.ClH/c1-14-10-15(2)12-16(11-14)25-9-4-18(24)23-8-5-20-13-17(23)19-21-6-7-22(19)3;/h6-7,10-12,17,20H,4-5,8-9,13H2,1-3H3;1H. The second-order valence-electron chi connectivity index (χ2n) is 6.63. The Bertz CT molecular complexity index is 727. The number of halogens is 1. The lowest BCUT2D eigenvalue weighted by molar-refractivity contribution is -0.135. The van der Waals surface area contributed by atoms with Crippen LogP contribution in [0, 0.1) is 13.8 Å². The molecule has 1 aromatic carbocycles. The molecule has 3 rings (SSSR count). The molecular weight excluding hydrogens is 352 g/mol. The molecule has 1 atom stereocenters. The predicted molar refractivity (Wildman–Crippen MR) is 104 cm³/mol. The maximum Gasteiger partial charge on any atom is 0.226 e. The Morgan fingerprint density at radius 2 is 2.04 bits per heavy atom. The quantitative estimate of drug-likeness (QED) is 0.867. The lowest BCUT2D eigenvalue weighted by atomic mass is 10.1. The van der Waals surface area contributed by atoms with E-state index in [-0.39, 0.29) is 24.4 Å². The van der Waals surface area contributed by atoms with Crippen LogP contribution >= 0.6 is 12.4 Å². The van der Waals surface area contributed by atoms with Crippen LogP contribution in [0.3, 0.4) is 0 Å². The number of ether oxygens (including phenoxy) is 1. The normalized spacial score (nSPS) is 16.9. The maximum absolute atomic E-state index is 12.7. The van der Waals surface area contributed by atoms with Gasteiger partial charge in [-0.1, -0.05) is 6.07 Å². The Morgan fingerprint density at radius 1 is 1.31 bits per heavy atom. The number of benzene rings is 1. The number of imidazole rings is 1. The van der Waals surface area contributed by atoms with Gasteiger partial charge in [-0.05, 0) is 37.1 Å². The summed E-state index contributed by atoms with van der Waals surface area (Å²) >= 11 is 0. The fourth-order valence-corrected chi connectivity index (χ4v) is 3.35. The number of aromatic nitrogens is 2. The second-order valence-corrected chi connectivity index (χ2v) is 6.63. The summed E-state index contributed by atoms with van der Waals surface area (Å²) in [7, 11) is 1.96. The van der Waals surface area contributed by atoms with Gasteiger partial charge in [-0.2, -0.15) is 0 Å². The van der Waals surface area contributed by atoms with Gasteiger partial charge in [0.1, 0.15) is 17.6 Å². The smallest absolute Gasteiger partial charge is 0.226 e. The molecule has 1 N–H and O–H groups in total. The molecule has 1 saturated heterocycles. The third-order valence-electron chi connectivity index (χ3n) is 4.50. The minimum Gasteiger partial charge on any atom is -0.493 e. The number of hydrogen-bond donors (Lipinski definition) is 1. The summed E-state index contributed by atoms with van der Waals surface area (Å²) in [5.74, 6) is 1.85. The molecule has 2 heterocycles. The number of piperazine rings is 1. The number of carbonyl (C=O) groups excluding carboxylic acids is 1. The zero-order chi connectivity index (χ0) is 17.8. The molecule has 1 aliphatic rings. The SMILES string of the molecule is Cc1cc(C)cc(OCCC(=O)N2CCNCC2c2nccn2C)c1.Cl. The average Bonchev–Trinajstić information content (AvgIpc) is 3.00. The molecule has 6 nitrogen and oxygen atoms in total. The van der Waals surface area contributed by atoms with E-state index in [1.807, 2.05) is 48.7 Å². The van der Waals surface area contributed by atoms with E-state index in [0.717, 1.165) is 24.7 Å². The van der Waals surface area contributed by atoms with Gasteiger partial charge in [0.05, 0.1) is 13.0 Å². The molecule has 0 aliphatic carbocycles. The number of amides is 1. The van der Waals surface area contributed by atoms with Crippen molar-refractivity contribution >= 4 is 18.3 Å². The topological polar surface area (TPSA) is 59.4 Å². The number of carbonyl (C=O) groups is 1. The van der Waals surface area contributed by atoms with Crippen molar-refractivity contribution in [1.29, 1.82) is 0 Å². The van der Waals surface area contributed by atoms with E-state index in [2.05, 4.69) is 16.4 Å². The Kier molecular flexibility index (Phi) is 7.06. The van der Waals surface area contributed by atoms with Gasteiger partial charge in [0.2, 0.25) is 5.91 Å². The van der Waals surface area contributed by atoms with E-state index in [0.29, 0.717) is 19.6 Å². The lowest BCUT2D eigenvalue weighted by Gasteiger charge is -2.35. The number of nitrogens with one attached hydrogen (secondary N) is 1. The van der Waals surface area contributed by atoms with Crippen LogP contribution < -0.4 is 10.1 Å². The van der Waals surface area contributed by atoms with Gasteiger partial charge >= 0.3 is 0 Å². The van der Waals surface area contributed by atoms with Crippen molar-refractivity contribution in [3.63, 3.8) is 0 Å². The fraction of sp³-hybridized carbons (Fsp3) is 0.474. The summed E-state index contributed by atoms with van der Waals surface area (Å²) in [6, 6.07) is 6.08. The summed E-state index contributed by atoms with van der Waals surface area (Å²) < 4.78 is 7.77. The Morgan fingerprint density at radius 3 is 2.69 bits per heavy atom. The second kappa shape index (κ2) is 9.05. The van der Waals surface area contributed by atoms with Crippen molar-refractivity contribution in [1.82, 2.24) is 19.8 Å². The number of aryl methyl sites for hydroxylation is 3. The van der Waals surface area contributed by atoms with Crippen molar-refractivity contribution in [2.24, 2.45) is 7.05 Å². The molecule has 1 unspecified atom stereocenters. The zero-order valence-electron chi connectivity index (χ0n) is 15.6. The molecule has 7 heteroatoms. The van der Waals surface area contributed by atoms with Gasteiger partial charge < -0.3 is 19.5 Å². The Labute approximate surface area is 161 Å². The molecule has 142 valence electrons. The molecule has 1 fully saturated rings. The van der Waals surface area contributed by atoms with Gasteiger partial charge in [0.15, 0.2) is 0 Å². The first-order valence-corrected chi connectivity index (χ1v) is 8.73. The van der Waals surface area contributed by atoms with E-state index >= 15 is 0 Å². The van der Waals surface area contributed by atoms with Gasteiger partial charge in [0.25, 0.3) is 0 Å². The van der Waals surface area contributed by atoms with Gasteiger partial charge in [-0.25, -0.2) is 4.98 Å². The molecule has 2 aromatic rings. The van der Waals surface area contributed by atoms with Crippen molar-refractivity contribution < 1.29 is 9.53 Å². The molecule has 1 aromatic heterocycles. The third-order valence-corrected chi connectivity index (χ3v) is 4.50. The highest BCUT2D eigenvalue weighted by atomic mass is 35.5. The molecule has 1 aliphatic heterocycles. The molecular formula is C19H27ClN4O2. The molecule has 1 amide bonds. The van der Waals surface area contributed by atoms with Gasteiger partial charge in [0, 0.05) is 39.1 Å². The number of nitrogens with zero attached hydrogens (tertiary/aromatic N) is 3. The Balaban J connectivity index is 0.00000243. The van der Waals surface area contributed by atoms with Crippen LogP contribution in [0.1, 0.15) is 29.4 Å². The largest absolute Gasteiger partial charge is 0.493 e. The van der Waals surface area contributed by atoms with Crippen LogP contribution in [0.2, 0.25) is 0 Å². The molecule has 0 saturated carbocycles. The summed E-state index contributed by atoms with van der Waals surface area (Å²) in [5, 5.41) is 3.35. The summed E-state index contributed by atoms with van der Waals surface area (Å²) in [4.78, 5) is 19.1. The van der Waals surface area contributed by atoms with Crippen LogP contribution in [0.25, 0.3) is 0 Å². The van der Waals surface area contributed by atoms with Crippen LogP contribution in [0.5, 0.6) is 5.75 Å². The molecule has 0 spiro atoms. The van der Waals surface area contributed by atoms with Crippen LogP contribution in [-0.2, 0) is 11.8 Å². The average molecular weight is 379 g/mol. The van der Waals surface area contributed by atoms with Crippen LogP contribution in [0.15, 0.2) is 30.6 Å². The number of hydrogen-bond acceptors (Lipinski definition) is 4. The lowest BCUT2D eigenvalue weighted by Crippen LogP contribution is -2.49. The zero-order valence-corrected chi connectivity index (χ0v) is 16.4. The van der Waals surface area contributed by atoms with Crippen molar-refractivity contribution in [2.75, 3.05) is 26.2 Å². The minimum atomic E-state index is -0.0255. The van der Waals surface area contributed by atoms with Gasteiger partial charge in [-0.3, -0.25) is 4.79 Å². The third kappa shape index (κ3) is 4.77. The van der Waals surface area contributed by atoms with E-state index in [9.17, 15) is 4.79 Å². The maximum atomic E-state index is 12.7. The highest BCUT2D eigenvalue weighted by Gasteiger charge is 2.30. The van der Waals surface area contributed by atoms with Crippen LogP contribution in [0.4, 0.5) is 0 Å². The molecule has 26 heavy (non-hydrogen) atoms. The van der Waals surface area contributed by atoms with Crippen molar-refractivity contribution in [2.45, 2.75) is 26.3 Å². The van der Waals surface area contributed by atoms with Crippen molar-refractivity contribution in [3.8, 4) is 5.75 Å². The Hall–Kier alpha value is -2.05. The predicted octanol–water partition coefficient (Wildman–Crippen LogP) is 2.40. The molecule has 0 radical (unpaired) electrons. The first-order valence-electron chi connectivity index (χ1n) is 8.73. The first kappa shape index (κ1) is 20.3. The van der Waals surface area contributed by atoms with E-state index < -0.39 is 0 Å². The fourth-order valence-electron chi connectivity index (χ4n) is 3.35. The minimum absolute atomic E-state index is 0. The van der Waals surface area contributed by atoms with E-state index in [1.165, 1.54) is 11.1 Å². The van der Waals surface area contributed by atoms with Crippen molar-refractivity contribution in [3.05, 3.63) is 47.5 Å². The summed E-state index contributed by atoms with van der Waals surface area (Å²) in [6.07, 6.45) is 4.06. The van der Waals surface area contributed by atoms with Gasteiger partial charge in [-0.15, -0.1) is 12.4 Å². The highest BCUT2D eigenvalue weighted by molar-refractivity contribution is 5.85. The summed E-state index contributed by atoms with van der Waals surface area (Å²) in [5.41, 5.74) is 2.33. The highest BCUT2D eigenvalue weighted by Crippen LogP contribution is 2.22.